The molecule has 0 aliphatic carbocycles. The molecule has 19 heteroatoms. The lowest BCUT2D eigenvalue weighted by atomic mass is 9.94. The number of amides is 2. The van der Waals surface area contributed by atoms with Gasteiger partial charge in [-0.1, -0.05) is 54.6 Å². The summed E-state index contributed by atoms with van der Waals surface area (Å²) in [6.45, 7) is 6.76. The van der Waals surface area contributed by atoms with Crippen LogP contribution in [0.1, 0.15) is 82.0 Å². The summed E-state index contributed by atoms with van der Waals surface area (Å²) < 4.78 is 59.5. The number of carbonyl (C=O) groups is 8. The van der Waals surface area contributed by atoms with Crippen molar-refractivity contribution in [2.75, 3.05) is 19.8 Å². The van der Waals surface area contributed by atoms with Crippen LogP contribution < -0.4 is 0 Å². The molecule has 3 aromatic carbocycles. The fourth-order valence-electron chi connectivity index (χ4n) is 7.66. The van der Waals surface area contributed by atoms with Gasteiger partial charge in [-0.3, -0.25) is 33.7 Å². The quantitative estimate of drug-likeness (QED) is 0.0579. The predicted octanol–water partition coefficient (Wildman–Crippen LogP) is 3.91. The molecule has 0 spiro atoms. The molecule has 350 valence electrons. The van der Waals surface area contributed by atoms with Crippen LogP contribution in [0.2, 0.25) is 0 Å². The van der Waals surface area contributed by atoms with E-state index in [0.717, 1.165) is 32.6 Å². The van der Waals surface area contributed by atoms with Gasteiger partial charge < -0.3 is 47.4 Å². The zero-order chi connectivity index (χ0) is 47.5. The number of nitrogens with zero attached hydrogens (tertiary/aromatic N) is 1. The van der Waals surface area contributed by atoms with E-state index in [1.165, 1.54) is 36.4 Å². The molecule has 19 nitrogen and oxygen atoms in total. The van der Waals surface area contributed by atoms with Crippen molar-refractivity contribution in [1.82, 2.24) is 4.90 Å². The standard InChI is InChI=1S/C47H49NO18/c1-6-7-16-23-57-46-36(48-42(53)32-21-14-15-22-33(32)43(48)54)39(66-45(56)31-19-12-9-13-20-31)37(65-44(55)30-17-10-8-11-18-30)35(63-46)25-59-47-41(62-29(5)52)40(61-28(4)51)38(60-27(3)50)34(64-47)24-58-26(2)49/h6,8-15,17-22,34-41,46-47H,1,7,16,23-25H2,2-5H3/t34-,35-,36-,37-,38-,39-,40+,41+,46-,47+/m1/s1. The van der Waals surface area contributed by atoms with E-state index in [1.54, 1.807) is 54.6 Å². The molecular formula is C47H49NO18. The van der Waals surface area contributed by atoms with Crippen LogP contribution in [0, 0.1) is 0 Å². The summed E-state index contributed by atoms with van der Waals surface area (Å²) in [5.74, 6) is -6.80. The van der Waals surface area contributed by atoms with E-state index in [4.69, 9.17) is 47.4 Å². The molecule has 3 aliphatic heterocycles. The lowest BCUT2D eigenvalue weighted by Gasteiger charge is -2.48. The average molecular weight is 916 g/mol. The largest absolute Gasteiger partial charge is 0.463 e. The van der Waals surface area contributed by atoms with Crippen molar-refractivity contribution in [3.63, 3.8) is 0 Å². The van der Waals surface area contributed by atoms with E-state index in [9.17, 15) is 38.4 Å². The van der Waals surface area contributed by atoms with Crippen LogP contribution in [0.5, 0.6) is 0 Å². The highest BCUT2D eigenvalue weighted by Gasteiger charge is 2.59. The first-order valence-electron chi connectivity index (χ1n) is 21.0. The highest BCUT2D eigenvalue weighted by molar-refractivity contribution is 6.21. The molecular weight excluding hydrogens is 867 g/mol. The van der Waals surface area contributed by atoms with Crippen LogP contribution in [0.15, 0.2) is 97.6 Å². The first-order valence-corrected chi connectivity index (χ1v) is 21.0. The Morgan fingerprint density at radius 1 is 0.561 bits per heavy atom. The summed E-state index contributed by atoms with van der Waals surface area (Å²) in [5.41, 5.74) is 0.220. The molecule has 2 fully saturated rings. The average Bonchev–Trinajstić information content (AvgIpc) is 3.54. The molecule has 10 atom stereocenters. The summed E-state index contributed by atoms with van der Waals surface area (Å²) in [7, 11) is 0. The molecule has 3 aromatic rings. The second kappa shape index (κ2) is 22.4. The van der Waals surface area contributed by atoms with Gasteiger partial charge in [0.2, 0.25) is 0 Å². The monoisotopic (exact) mass is 915 g/mol. The van der Waals surface area contributed by atoms with Crippen LogP contribution in [-0.2, 0) is 66.5 Å². The molecule has 2 saturated heterocycles. The number of rotatable bonds is 18. The summed E-state index contributed by atoms with van der Waals surface area (Å²) in [5, 5.41) is 0. The van der Waals surface area contributed by atoms with E-state index in [2.05, 4.69) is 6.58 Å². The minimum absolute atomic E-state index is 0.0303. The maximum atomic E-state index is 14.3. The maximum Gasteiger partial charge on any atom is 0.338 e. The maximum absolute atomic E-state index is 14.3. The van der Waals surface area contributed by atoms with E-state index < -0.39 is 122 Å². The normalized spacial score (nSPS) is 25.7. The number of imide groups is 1. The van der Waals surface area contributed by atoms with E-state index in [0.29, 0.717) is 12.8 Å². The fraction of sp³-hybridized carbons (Fsp3) is 0.404. The second-order valence-electron chi connectivity index (χ2n) is 15.2. The zero-order valence-corrected chi connectivity index (χ0v) is 36.5. The van der Waals surface area contributed by atoms with E-state index >= 15 is 0 Å². The number of esters is 6. The van der Waals surface area contributed by atoms with Crippen LogP contribution in [0.4, 0.5) is 0 Å². The number of allylic oxidation sites excluding steroid dienone is 1. The van der Waals surface area contributed by atoms with Gasteiger partial charge in [-0.25, -0.2) is 9.59 Å². The first kappa shape index (κ1) is 48.7. The van der Waals surface area contributed by atoms with Gasteiger partial charge in [-0.05, 0) is 49.2 Å². The first-order chi connectivity index (χ1) is 31.7. The molecule has 6 rings (SSSR count). The molecule has 0 bridgehead atoms. The lowest BCUT2D eigenvalue weighted by molar-refractivity contribution is -0.326. The molecule has 0 unspecified atom stereocenters. The number of ether oxygens (including phenoxy) is 10. The third-order valence-electron chi connectivity index (χ3n) is 10.5. The fourth-order valence-corrected chi connectivity index (χ4v) is 7.66. The summed E-state index contributed by atoms with van der Waals surface area (Å²) >= 11 is 0. The lowest BCUT2D eigenvalue weighted by Crippen LogP contribution is -2.68. The van der Waals surface area contributed by atoms with Gasteiger partial charge in [0.05, 0.1) is 35.5 Å². The summed E-state index contributed by atoms with van der Waals surface area (Å²) in [4.78, 5) is 107. The van der Waals surface area contributed by atoms with E-state index in [-0.39, 0.29) is 28.9 Å². The zero-order valence-electron chi connectivity index (χ0n) is 36.5. The summed E-state index contributed by atoms with van der Waals surface area (Å²) in [6, 6.07) is 20.0. The predicted molar refractivity (Wildman–Crippen MR) is 224 cm³/mol. The molecule has 3 aliphatic rings. The Hall–Kier alpha value is -6.80. The van der Waals surface area contributed by atoms with Crippen molar-refractivity contribution < 1.29 is 85.7 Å². The Morgan fingerprint density at radius 3 is 1.56 bits per heavy atom. The molecule has 0 radical (unpaired) electrons. The smallest absolute Gasteiger partial charge is 0.338 e. The van der Waals surface area contributed by atoms with Crippen molar-refractivity contribution >= 4 is 47.6 Å². The van der Waals surface area contributed by atoms with Crippen LogP contribution in [-0.4, -0.2) is 134 Å². The Kier molecular flexibility index (Phi) is 16.5. The third-order valence-corrected chi connectivity index (χ3v) is 10.5. The van der Waals surface area contributed by atoms with Gasteiger partial charge in [-0.15, -0.1) is 6.58 Å². The Labute approximate surface area is 379 Å². The van der Waals surface area contributed by atoms with E-state index in [1.807, 2.05) is 0 Å². The molecule has 0 saturated carbocycles. The van der Waals surface area contributed by atoms with Gasteiger partial charge in [-0.2, -0.15) is 0 Å². The third kappa shape index (κ3) is 11.7. The molecule has 2 amide bonds. The Morgan fingerprint density at radius 2 is 1.03 bits per heavy atom. The van der Waals surface area contributed by atoms with Crippen LogP contribution in [0.25, 0.3) is 0 Å². The summed E-state index contributed by atoms with van der Waals surface area (Å²) in [6.07, 6.45) is -12.0. The van der Waals surface area contributed by atoms with Gasteiger partial charge in [0.1, 0.15) is 24.9 Å². The highest BCUT2D eigenvalue weighted by Crippen LogP contribution is 2.37. The number of hydrogen-bond donors (Lipinski definition) is 0. The van der Waals surface area contributed by atoms with Gasteiger partial charge in [0.15, 0.2) is 43.1 Å². The number of carbonyl (C=O) groups excluding carboxylic acids is 8. The van der Waals surface area contributed by atoms with Crippen molar-refractivity contribution in [3.05, 3.63) is 120 Å². The van der Waals surface area contributed by atoms with Crippen molar-refractivity contribution in [2.45, 2.75) is 102 Å². The van der Waals surface area contributed by atoms with Crippen LogP contribution >= 0.6 is 0 Å². The highest BCUT2D eigenvalue weighted by atomic mass is 16.8. The Balaban J connectivity index is 1.46. The second-order valence-corrected chi connectivity index (χ2v) is 15.2. The SMILES string of the molecule is C=CCCCO[C@@H]1O[C@H](CO[C@H]2O[C@H](COC(C)=O)[C@@H](OC(C)=O)[C@H](OC(C)=O)[C@@H]2OC(C)=O)[C@@H](OC(=O)c2ccccc2)[C@H](OC(=O)c2ccccc2)[C@H]1N1C(=O)c2ccccc2C1=O. The minimum atomic E-state index is -1.74. The van der Waals surface area contributed by atoms with Crippen molar-refractivity contribution in [3.8, 4) is 0 Å². The molecule has 0 aromatic heterocycles. The van der Waals surface area contributed by atoms with Gasteiger partial charge in [0.25, 0.3) is 11.8 Å². The Bertz CT molecular complexity index is 2230. The van der Waals surface area contributed by atoms with Crippen molar-refractivity contribution in [1.29, 1.82) is 0 Å². The van der Waals surface area contributed by atoms with Gasteiger partial charge >= 0.3 is 35.8 Å². The molecule has 3 heterocycles. The minimum Gasteiger partial charge on any atom is -0.463 e. The van der Waals surface area contributed by atoms with Gasteiger partial charge in [0, 0.05) is 27.7 Å². The molecule has 66 heavy (non-hydrogen) atoms. The van der Waals surface area contributed by atoms with Crippen molar-refractivity contribution in [2.24, 2.45) is 0 Å². The number of fused-ring (bicyclic) bond motifs is 1. The number of unbranched alkanes of at least 4 members (excludes halogenated alkanes) is 1. The topological polar surface area (TPSA) is 232 Å². The number of hydrogen-bond acceptors (Lipinski definition) is 18. The molecule has 0 N–H and O–H groups in total. The number of benzene rings is 3. The van der Waals surface area contributed by atoms with Crippen LogP contribution in [0.3, 0.4) is 0 Å².